The predicted octanol–water partition coefficient (Wildman–Crippen LogP) is 1.10. The first kappa shape index (κ1) is 6.78. The largest absolute Gasteiger partial charge is 0.463 e. The third-order valence-corrected chi connectivity index (χ3v) is 1.42. The van der Waals surface area contributed by atoms with Crippen molar-refractivity contribution in [3.8, 4) is 11.5 Å². The van der Waals surface area contributed by atoms with Crippen LogP contribution in [-0.2, 0) is 0 Å². The third kappa shape index (κ3) is 0.914. The molecule has 12 heavy (non-hydrogen) atoms. The van der Waals surface area contributed by atoms with E-state index in [1.165, 1.54) is 6.26 Å². The zero-order valence-corrected chi connectivity index (χ0v) is 6.15. The first-order chi connectivity index (χ1) is 5.77. The van der Waals surface area contributed by atoms with Crippen LogP contribution in [0.5, 0.6) is 0 Å². The average molecular weight is 165 g/mol. The lowest BCUT2D eigenvalue weighted by atomic mass is 10.3. The summed E-state index contributed by atoms with van der Waals surface area (Å²) < 4.78 is 9.88. The molecule has 0 unspecified atom stereocenters. The standard InChI is InChI=1S/C7H7N3O2/c8-6-5(10-7(9)12-6)4-2-1-3-11-4/h1-3H,8H2,(H2,9,10). The van der Waals surface area contributed by atoms with Crippen molar-refractivity contribution in [2.75, 3.05) is 11.5 Å². The predicted molar refractivity (Wildman–Crippen MR) is 43.0 cm³/mol. The number of aromatic nitrogens is 1. The highest BCUT2D eigenvalue weighted by atomic mass is 16.4. The molecule has 0 bridgehead atoms. The third-order valence-electron chi connectivity index (χ3n) is 1.42. The van der Waals surface area contributed by atoms with E-state index in [2.05, 4.69) is 4.98 Å². The molecule has 0 saturated carbocycles. The van der Waals surface area contributed by atoms with Gasteiger partial charge in [0.05, 0.1) is 6.26 Å². The van der Waals surface area contributed by atoms with Crippen molar-refractivity contribution in [2.24, 2.45) is 0 Å². The number of hydrogen-bond donors (Lipinski definition) is 2. The van der Waals surface area contributed by atoms with Gasteiger partial charge in [-0.15, -0.1) is 0 Å². The number of hydrogen-bond acceptors (Lipinski definition) is 5. The van der Waals surface area contributed by atoms with E-state index in [4.69, 9.17) is 20.3 Å². The molecule has 0 amide bonds. The minimum absolute atomic E-state index is 0.0406. The molecule has 62 valence electrons. The van der Waals surface area contributed by atoms with Gasteiger partial charge in [-0.25, -0.2) is 0 Å². The van der Waals surface area contributed by atoms with Crippen molar-refractivity contribution >= 4 is 11.9 Å². The van der Waals surface area contributed by atoms with Crippen LogP contribution < -0.4 is 11.5 Å². The first-order valence-corrected chi connectivity index (χ1v) is 3.33. The lowest BCUT2D eigenvalue weighted by Crippen LogP contribution is -1.84. The van der Waals surface area contributed by atoms with Crippen molar-refractivity contribution in [3.63, 3.8) is 0 Å². The van der Waals surface area contributed by atoms with Crippen molar-refractivity contribution in [1.82, 2.24) is 4.98 Å². The van der Waals surface area contributed by atoms with Gasteiger partial charge in [-0.05, 0) is 12.1 Å². The first-order valence-electron chi connectivity index (χ1n) is 3.33. The van der Waals surface area contributed by atoms with Crippen LogP contribution in [0.15, 0.2) is 27.2 Å². The number of nitrogen functional groups attached to an aromatic ring is 2. The molecule has 0 spiro atoms. The minimum Gasteiger partial charge on any atom is -0.463 e. The molecule has 2 aromatic rings. The van der Waals surface area contributed by atoms with E-state index in [1.807, 2.05) is 0 Å². The smallest absolute Gasteiger partial charge is 0.294 e. The van der Waals surface area contributed by atoms with E-state index in [9.17, 15) is 0 Å². The Labute approximate surface area is 68.0 Å². The fraction of sp³-hybridized carbons (Fsp3) is 0. The topological polar surface area (TPSA) is 91.2 Å². The van der Waals surface area contributed by atoms with Crippen LogP contribution >= 0.6 is 0 Å². The van der Waals surface area contributed by atoms with Gasteiger partial charge >= 0.3 is 0 Å². The molecule has 0 atom stereocenters. The van der Waals surface area contributed by atoms with Crippen LogP contribution in [-0.4, -0.2) is 4.98 Å². The van der Waals surface area contributed by atoms with Crippen LogP contribution in [0.25, 0.3) is 11.5 Å². The quantitative estimate of drug-likeness (QED) is 0.660. The molecular weight excluding hydrogens is 158 g/mol. The summed E-state index contributed by atoms with van der Waals surface area (Å²) in [6.45, 7) is 0. The Morgan fingerprint density at radius 3 is 2.67 bits per heavy atom. The van der Waals surface area contributed by atoms with Gasteiger partial charge in [0, 0.05) is 0 Å². The Hall–Kier alpha value is -1.91. The summed E-state index contributed by atoms with van der Waals surface area (Å²) in [5.74, 6) is 0.718. The van der Waals surface area contributed by atoms with E-state index in [1.54, 1.807) is 12.1 Å². The molecular formula is C7H7N3O2. The second-order valence-corrected chi connectivity index (χ2v) is 2.24. The minimum atomic E-state index is 0.0406. The fourth-order valence-electron chi connectivity index (χ4n) is 0.939. The summed E-state index contributed by atoms with van der Waals surface area (Å²) in [4.78, 5) is 3.85. The van der Waals surface area contributed by atoms with Gasteiger partial charge < -0.3 is 20.3 Å². The number of nitrogens with two attached hydrogens (primary N) is 2. The summed E-state index contributed by atoms with van der Waals surface area (Å²) >= 11 is 0. The van der Waals surface area contributed by atoms with Crippen LogP contribution in [0.4, 0.5) is 11.9 Å². The monoisotopic (exact) mass is 165 g/mol. The molecule has 0 aromatic carbocycles. The van der Waals surface area contributed by atoms with Crippen molar-refractivity contribution in [3.05, 3.63) is 18.4 Å². The molecule has 5 heteroatoms. The van der Waals surface area contributed by atoms with E-state index in [0.717, 1.165) is 0 Å². The van der Waals surface area contributed by atoms with Crippen LogP contribution in [0, 0.1) is 0 Å². The van der Waals surface area contributed by atoms with Crippen LogP contribution in [0.3, 0.4) is 0 Å². The van der Waals surface area contributed by atoms with Gasteiger partial charge in [-0.2, -0.15) is 4.98 Å². The number of rotatable bonds is 1. The Morgan fingerprint density at radius 2 is 2.17 bits per heavy atom. The van der Waals surface area contributed by atoms with Crippen LogP contribution in [0.1, 0.15) is 0 Å². The number of furan rings is 1. The molecule has 0 aliphatic rings. The summed E-state index contributed by atoms with van der Waals surface area (Å²) in [5, 5.41) is 0. The second-order valence-electron chi connectivity index (χ2n) is 2.24. The normalized spacial score (nSPS) is 10.3. The highest BCUT2D eigenvalue weighted by Gasteiger charge is 2.12. The summed E-state index contributed by atoms with van der Waals surface area (Å²) in [6, 6.07) is 3.51. The Balaban J connectivity index is 2.54. The Kier molecular flexibility index (Phi) is 1.30. The summed E-state index contributed by atoms with van der Waals surface area (Å²) in [6.07, 6.45) is 1.53. The van der Waals surface area contributed by atoms with Crippen molar-refractivity contribution in [2.45, 2.75) is 0 Å². The van der Waals surface area contributed by atoms with Gasteiger partial charge in [-0.3, -0.25) is 0 Å². The molecule has 0 fully saturated rings. The highest BCUT2D eigenvalue weighted by molar-refractivity contribution is 5.65. The molecule has 0 radical (unpaired) electrons. The SMILES string of the molecule is Nc1nc(-c2ccco2)c(N)o1. The fourth-order valence-corrected chi connectivity index (χ4v) is 0.939. The van der Waals surface area contributed by atoms with Crippen molar-refractivity contribution in [1.29, 1.82) is 0 Å². The van der Waals surface area contributed by atoms with Crippen LogP contribution in [0.2, 0.25) is 0 Å². The van der Waals surface area contributed by atoms with E-state index >= 15 is 0 Å². The number of oxazole rings is 1. The molecule has 0 aliphatic carbocycles. The van der Waals surface area contributed by atoms with Gasteiger partial charge in [-0.1, -0.05) is 0 Å². The lowest BCUT2D eigenvalue weighted by molar-refractivity contribution is 0.578. The summed E-state index contributed by atoms with van der Waals surface area (Å²) in [5.41, 5.74) is 11.2. The lowest BCUT2D eigenvalue weighted by Gasteiger charge is -1.87. The average Bonchev–Trinajstić information content (AvgIpc) is 2.58. The molecule has 0 saturated heterocycles. The number of nitrogens with zero attached hydrogens (tertiary/aromatic N) is 1. The second kappa shape index (κ2) is 2.30. The van der Waals surface area contributed by atoms with E-state index in [0.29, 0.717) is 11.5 Å². The zero-order valence-electron chi connectivity index (χ0n) is 6.15. The van der Waals surface area contributed by atoms with Crippen molar-refractivity contribution < 1.29 is 8.83 Å². The molecule has 2 heterocycles. The highest BCUT2D eigenvalue weighted by Crippen LogP contribution is 2.26. The van der Waals surface area contributed by atoms with Gasteiger partial charge in [0.2, 0.25) is 5.88 Å². The van der Waals surface area contributed by atoms with E-state index in [-0.39, 0.29) is 11.9 Å². The maximum atomic E-state index is 5.46. The summed E-state index contributed by atoms with van der Waals surface area (Å²) in [7, 11) is 0. The molecule has 5 nitrogen and oxygen atoms in total. The molecule has 0 aliphatic heterocycles. The molecule has 2 rings (SSSR count). The van der Waals surface area contributed by atoms with Gasteiger partial charge in [0.1, 0.15) is 0 Å². The molecule has 2 aromatic heterocycles. The number of anilines is 2. The van der Waals surface area contributed by atoms with E-state index < -0.39 is 0 Å². The Morgan fingerprint density at radius 1 is 1.33 bits per heavy atom. The maximum absolute atomic E-state index is 5.46. The molecule has 4 N–H and O–H groups in total. The zero-order chi connectivity index (χ0) is 8.55. The Bertz CT molecular complexity index is 377. The van der Waals surface area contributed by atoms with Gasteiger partial charge in [0.25, 0.3) is 6.01 Å². The maximum Gasteiger partial charge on any atom is 0.294 e. The van der Waals surface area contributed by atoms with Gasteiger partial charge in [0.15, 0.2) is 11.5 Å².